The standard InChI is InChI=1S/C17H23ClFO7Se/c18-10-3-8(19)1-2-9(10)17-25-5-11(21)16(26-17)13(23)7-27-6-12(22)15(24)14(27)4-20/h1-3,11-17,20-24H,4-7H2/q+1/t11-,12-,13-,14-,15+,16+,17?,27-/m1/s1. The van der Waals surface area contributed by atoms with Gasteiger partial charge in [-0.1, -0.05) is 0 Å². The fourth-order valence-electron chi connectivity index (χ4n) is 3.36. The molecule has 0 aliphatic carbocycles. The van der Waals surface area contributed by atoms with Crippen LogP contribution in [-0.4, -0.2) is 83.2 Å². The van der Waals surface area contributed by atoms with Gasteiger partial charge in [0.15, 0.2) is 0 Å². The fourth-order valence-corrected chi connectivity index (χ4v) is 9.24. The van der Waals surface area contributed by atoms with E-state index in [0.29, 0.717) is 10.9 Å². The van der Waals surface area contributed by atoms with Crippen molar-refractivity contribution in [1.82, 2.24) is 0 Å². The van der Waals surface area contributed by atoms with Crippen LogP contribution in [-0.2, 0) is 9.47 Å². The van der Waals surface area contributed by atoms with Crippen LogP contribution < -0.4 is 0 Å². The molecule has 152 valence electrons. The molecule has 10 heteroatoms. The molecule has 2 saturated heterocycles. The molecule has 3 rings (SSSR count). The van der Waals surface area contributed by atoms with Crippen LogP contribution in [0.4, 0.5) is 4.39 Å². The van der Waals surface area contributed by atoms with Crippen LogP contribution in [0.5, 0.6) is 0 Å². The third-order valence-corrected chi connectivity index (χ3v) is 11.1. The van der Waals surface area contributed by atoms with E-state index in [-0.39, 0.29) is 23.6 Å². The van der Waals surface area contributed by atoms with E-state index in [4.69, 9.17) is 21.1 Å². The Morgan fingerprint density at radius 3 is 2.67 bits per heavy atom. The van der Waals surface area contributed by atoms with Gasteiger partial charge in [0.05, 0.1) is 0 Å². The van der Waals surface area contributed by atoms with Gasteiger partial charge in [0.25, 0.3) is 0 Å². The van der Waals surface area contributed by atoms with E-state index >= 15 is 0 Å². The van der Waals surface area contributed by atoms with Crippen LogP contribution in [0, 0.1) is 5.82 Å². The minimum atomic E-state index is -1.73. The van der Waals surface area contributed by atoms with Crippen molar-refractivity contribution < 1.29 is 39.4 Å². The van der Waals surface area contributed by atoms with Crippen molar-refractivity contribution in [3.8, 4) is 0 Å². The second-order valence-electron chi connectivity index (χ2n) is 6.72. The molecule has 0 amide bonds. The molecule has 2 fully saturated rings. The summed E-state index contributed by atoms with van der Waals surface area (Å²) in [6, 6.07) is 3.76. The van der Waals surface area contributed by atoms with Crippen molar-refractivity contribution in [3.05, 3.63) is 34.6 Å². The maximum absolute atomic E-state index is 13.2. The zero-order valence-electron chi connectivity index (χ0n) is 14.3. The Bertz CT molecular complexity index is 654. The summed E-state index contributed by atoms with van der Waals surface area (Å²) >= 11 is 4.30. The quantitative estimate of drug-likeness (QED) is 0.389. The normalized spacial score (nSPS) is 38.1. The van der Waals surface area contributed by atoms with Crippen LogP contribution in [0.25, 0.3) is 0 Å². The summed E-state index contributed by atoms with van der Waals surface area (Å²) in [7, 11) is 0. The summed E-state index contributed by atoms with van der Waals surface area (Å²) in [5.74, 6) is -0.505. The monoisotopic (exact) mass is 473 g/mol. The van der Waals surface area contributed by atoms with Gasteiger partial charge in [0, 0.05) is 0 Å². The van der Waals surface area contributed by atoms with Crippen molar-refractivity contribution >= 4 is 25.5 Å². The first kappa shape index (κ1) is 21.4. The van der Waals surface area contributed by atoms with E-state index in [9.17, 15) is 29.9 Å². The number of hydrogen-bond acceptors (Lipinski definition) is 7. The Morgan fingerprint density at radius 1 is 1.26 bits per heavy atom. The summed E-state index contributed by atoms with van der Waals surface area (Å²) in [4.78, 5) is -0.436. The van der Waals surface area contributed by atoms with Crippen molar-refractivity contribution in [2.75, 3.05) is 13.2 Å². The van der Waals surface area contributed by atoms with E-state index in [0.717, 1.165) is 6.07 Å². The van der Waals surface area contributed by atoms with Crippen LogP contribution >= 0.6 is 11.6 Å². The van der Waals surface area contributed by atoms with Crippen LogP contribution in [0.15, 0.2) is 18.2 Å². The molecule has 0 aromatic heterocycles. The van der Waals surface area contributed by atoms with Gasteiger partial charge in [-0.05, 0) is 0 Å². The van der Waals surface area contributed by atoms with Gasteiger partial charge >= 0.3 is 165 Å². The van der Waals surface area contributed by atoms with Crippen molar-refractivity contribution in [1.29, 1.82) is 0 Å². The van der Waals surface area contributed by atoms with Gasteiger partial charge in [0.2, 0.25) is 0 Å². The van der Waals surface area contributed by atoms with Crippen molar-refractivity contribution in [3.63, 3.8) is 0 Å². The number of benzene rings is 1. The molecular formula is C17H23ClFO7Se+. The Morgan fingerprint density at radius 2 is 2.00 bits per heavy atom. The molecule has 1 unspecified atom stereocenters. The molecule has 27 heavy (non-hydrogen) atoms. The Kier molecular flexibility index (Phi) is 7.13. The van der Waals surface area contributed by atoms with E-state index in [1.807, 2.05) is 0 Å². The van der Waals surface area contributed by atoms with Gasteiger partial charge in [-0.25, -0.2) is 0 Å². The van der Waals surface area contributed by atoms with Gasteiger partial charge < -0.3 is 0 Å². The van der Waals surface area contributed by atoms with Crippen molar-refractivity contribution in [2.24, 2.45) is 0 Å². The molecule has 0 radical (unpaired) electrons. The molecule has 5 N–H and O–H groups in total. The zero-order valence-corrected chi connectivity index (χ0v) is 16.8. The molecule has 2 aliphatic heterocycles. The third-order valence-electron chi connectivity index (χ3n) is 4.83. The van der Waals surface area contributed by atoms with Gasteiger partial charge in [-0.15, -0.1) is 0 Å². The maximum atomic E-state index is 13.2. The molecule has 2 aliphatic rings. The predicted octanol–water partition coefficient (Wildman–Crippen LogP) is 0.208. The molecule has 1 aromatic rings. The summed E-state index contributed by atoms with van der Waals surface area (Å²) in [5.41, 5.74) is 0.387. The zero-order chi connectivity index (χ0) is 19.7. The van der Waals surface area contributed by atoms with Gasteiger partial charge in [-0.2, -0.15) is 0 Å². The Balaban J connectivity index is 1.69. The van der Waals surface area contributed by atoms with Crippen LogP contribution in [0.1, 0.15) is 11.9 Å². The summed E-state index contributed by atoms with van der Waals surface area (Å²) < 4.78 is 24.4. The predicted molar refractivity (Wildman–Crippen MR) is 95.2 cm³/mol. The number of rotatable bonds is 5. The van der Waals surface area contributed by atoms with E-state index in [1.54, 1.807) is 0 Å². The number of aliphatic hydroxyl groups excluding tert-OH is 5. The van der Waals surface area contributed by atoms with E-state index in [2.05, 4.69) is 0 Å². The SMILES string of the molecule is OC[C@@H]1[C@@H](O)[C@H](O)C[Se@+]1C[C@@H](O)[C@H]1OC(c2ccc(F)cc2Cl)OC[C@H]1O. The average molecular weight is 473 g/mol. The second kappa shape index (κ2) is 9.00. The summed E-state index contributed by atoms with van der Waals surface area (Å²) in [5, 5.41) is 50.8. The number of hydrogen-bond donors (Lipinski definition) is 5. The average Bonchev–Trinajstić information content (AvgIpc) is 2.88. The molecule has 1 aromatic carbocycles. The first-order valence-electron chi connectivity index (χ1n) is 8.53. The third kappa shape index (κ3) is 4.64. The molecule has 0 bridgehead atoms. The fraction of sp³-hybridized carbons (Fsp3) is 0.647. The van der Waals surface area contributed by atoms with Crippen molar-refractivity contribution in [2.45, 2.75) is 52.3 Å². The summed E-state index contributed by atoms with van der Waals surface area (Å²) in [6.45, 7) is -0.361. The topological polar surface area (TPSA) is 120 Å². The van der Waals surface area contributed by atoms with Gasteiger partial charge in [-0.3, -0.25) is 0 Å². The minimum absolute atomic E-state index is 0.0978. The van der Waals surface area contributed by atoms with E-state index in [1.165, 1.54) is 12.1 Å². The van der Waals surface area contributed by atoms with Crippen LogP contribution in [0.2, 0.25) is 20.5 Å². The second-order valence-corrected chi connectivity index (χ2v) is 12.0. The molecule has 2 heterocycles. The Labute approximate surface area is 165 Å². The number of aliphatic hydroxyl groups is 5. The number of ether oxygens (including phenoxy) is 2. The first-order chi connectivity index (χ1) is 12.8. The van der Waals surface area contributed by atoms with Gasteiger partial charge in [0.1, 0.15) is 0 Å². The molecule has 8 atom stereocenters. The Hall–Kier alpha value is -0.321. The molecule has 0 saturated carbocycles. The molecule has 0 spiro atoms. The van der Waals surface area contributed by atoms with E-state index < -0.39 is 61.3 Å². The molecule has 7 nitrogen and oxygen atoms in total. The summed E-state index contributed by atoms with van der Waals surface area (Å²) in [6.07, 6.45) is -5.99. The first-order valence-corrected chi connectivity index (χ1v) is 12.3. The molecular weight excluding hydrogens is 450 g/mol. The van der Waals surface area contributed by atoms with Crippen LogP contribution in [0.3, 0.4) is 0 Å². The number of halogens is 2.